The van der Waals surface area contributed by atoms with E-state index in [2.05, 4.69) is 30.1 Å². The maximum absolute atomic E-state index is 14.0. The highest BCUT2D eigenvalue weighted by atomic mass is 19.4. The summed E-state index contributed by atoms with van der Waals surface area (Å²) in [4.78, 5) is 29.7. The van der Waals surface area contributed by atoms with Gasteiger partial charge in [0.2, 0.25) is 11.7 Å². The van der Waals surface area contributed by atoms with Crippen LogP contribution >= 0.6 is 0 Å². The number of carbonyl (C=O) groups is 1. The molecule has 4 aromatic rings. The van der Waals surface area contributed by atoms with Crippen molar-refractivity contribution in [3.05, 3.63) is 71.2 Å². The first-order chi connectivity index (χ1) is 18.6. The maximum atomic E-state index is 14.0. The molecular weight excluding hydrogens is 525 g/mol. The minimum atomic E-state index is -4.74. The molecule has 0 atom stereocenters. The molecule has 1 aromatic carbocycles. The SMILES string of the molecule is Cc1ncc(-c2nnc(-c3ccnc(C(F)(F)F)n3)o2)c(C2CCN(C(=O)Cc3c(F)cccc3F)CC2)n1. The van der Waals surface area contributed by atoms with Gasteiger partial charge in [0.25, 0.3) is 11.8 Å². The highest BCUT2D eigenvalue weighted by Crippen LogP contribution is 2.35. The predicted molar refractivity (Wildman–Crippen MR) is 125 cm³/mol. The summed E-state index contributed by atoms with van der Waals surface area (Å²) in [5.41, 5.74) is 0.534. The Hall–Kier alpha value is -4.36. The molecule has 0 N–H and O–H groups in total. The smallest absolute Gasteiger partial charge is 0.414 e. The molecule has 5 rings (SSSR count). The predicted octanol–water partition coefficient (Wildman–Crippen LogP) is 4.54. The van der Waals surface area contributed by atoms with E-state index in [4.69, 9.17) is 4.42 Å². The van der Waals surface area contributed by atoms with Gasteiger partial charge in [-0.25, -0.2) is 28.7 Å². The van der Waals surface area contributed by atoms with Crippen molar-refractivity contribution in [1.29, 1.82) is 0 Å². The number of likely N-dealkylation sites (tertiary alicyclic amines) is 1. The van der Waals surface area contributed by atoms with Crippen LogP contribution in [0.3, 0.4) is 0 Å². The van der Waals surface area contributed by atoms with Crippen molar-refractivity contribution in [1.82, 2.24) is 35.0 Å². The summed E-state index contributed by atoms with van der Waals surface area (Å²) in [5.74, 6) is -3.15. The Morgan fingerprint density at radius 3 is 2.41 bits per heavy atom. The van der Waals surface area contributed by atoms with Gasteiger partial charge in [0.1, 0.15) is 23.2 Å². The molecule has 0 bridgehead atoms. The zero-order valence-electron chi connectivity index (χ0n) is 20.4. The second kappa shape index (κ2) is 10.4. The second-order valence-corrected chi connectivity index (χ2v) is 8.92. The van der Waals surface area contributed by atoms with Crippen molar-refractivity contribution in [2.75, 3.05) is 13.1 Å². The van der Waals surface area contributed by atoms with E-state index < -0.39 is 23.6 Å². The van der Waals surface area contributed by atoms with Gasteiger partial charge >= 0.3 is 6.18 Å². The Kier molecular flexibility index (Phi) is 7.02. The van der Waals surface area contributed by atoms with Gasteiger partial charge in [-0.2, -0.15) is 13.2 Å². The van der Waals surface area contributed by atoms with Gasteiger partial charge in [-0.1, -0.05) is 6.07 Å². The zero-order valence-corrected chi connectivity index (χ0v) is 20.4. The molecule has 0 spiro atoms. The number of alkyl halides is 3. The van der Waals surface area contributed by atoms with Crippen LogP contribution in [0.25, 0.3) is 23.0 Å². The van der Waals surface area contributed by atoms with E-state index in [-0.39, 0.29) is 41.3 Å². The minimum absolute atomic E-state index is 0.000653. The van der Waals surface area contributed by atoms with Crippen LogP contribution in [0.5, 0.6) is 0 Å². The van der Waals surface area contributed by atoms with E-state index >= 15 is 0 Å². The Morgan fingerprint density at radius 2 is 1.72 bits per heavy atom. The zero-order chi connectivity index (χ0) is 27.7. The molecule has 1 saturated heterocycles. The number of rotatable bonds is 5. The first-order valence-corrected chi connectivity index (χ1v) is 11.9. The molecule has 1 fully saturated rings. The maximum Gasteiger partial charge on any atom is 0.451 e. The minimum Gasteiger partial charge on any atom is -0.414 e. The van der Waals surface area contributed by atoms with Crippen LogP contribution in [0, 0.1) is 18.6 Å². The van der Waals surface area contributed by atoms with Crippen molar-refractivity contribution in [2.24, 2.45) is 0 Å². The Morgan fingerprint density at radius 1 is 1.03 bits per heavy atom. The highest BCUT2D eigenvalue weighted by molar-refractivity contribution is 5.79. The molecule has 202 valence electrons. The molecular formula is C25H20F5N7O2. The Bertz CT molecular complexity index is 1500. The van der Waals surface area contributed by atoms with Crippen LogP contribution in [0.2, 0.25) is 0 Å². The van der Waals surface area contributed by atoms with Gasteiger partial charge in [0, 0.05) is 37.0 Å². The van der Waals surface area contributed by atoms with Crippen LogP contribution in [0.15, 0.2) is 41.1 Å². The van der Waals surface area contributed by atoms with E-state index in [1.54, 1.807) is 11.8 Å². The molecule has 14 heteroatoms. The highest BCUT2D eigenvalue weighted by Gasteiger charge is 2.35. The molecule has 0 radical (unpaired) electrons. The number of amides is 1. The summed E-state index contributed by atoms with van der Waals surface area (Å²) in [6.45, 7) is 2.37. The fraction of sp³-hybridized carbons (Fsp3) is 0.320. The van der Waals surface area contributed by atoms with E-state index in [1.165, 1.54) is 18.3 Å². The molecule has 1 aliphatic rings. The normalized spacial score (nSPS) is 14.6. The first kappa shape index (κ1) is 26.3. The Labute approximate surface area is 218 Å². The number of aryl methyl sites for hydroxylation is 1. The summed E-state index contributed by atoms with van der Waals surface area (Å²) in [6.07, 6.45) is -1.69. The fourth-order valence-corrected chi connectivity index (χ4v) is 4.38. The van der Waals surface area contributed by atoms with Crippen molar-refractivity contribution >= 4 is 5.91 Å². The molecule has 39 heavy (non-hydrogen) atoms. The van der Waals surface area contributed by atoms with E-state index in [0.717, 1.165) is 18.3 Å². The van der Waals surface area contributed by atoms with Crippen LogP contribution in [-0.2, 0) is 17.4 Å². The lowest BCUT2D eigenvalue weighted by molar-refractivity contribution is -0.144. The topological polar surface area (TPSA) is 111 Å². The molecule has 3 aromatic heterocycles. The molecule has 0 unspecified atom stereocenters. The van der Waals surface area contributed by atoms with E-state index in [9.17, 15) is 26.7 Å². The lowest BCUT2D eigenvalue weighted by Gasteiger charge is -2.32. The summed E-state index contributed by atoms with van der Waals surface area (Å²) < 4.78 is 72.6. The van der Waals surface area contributed by atoms with Gasteiger partial charge < -0.3 is 9.32 Å². The summed E-state index contributed by atoms with van der Waals surface area (Å²) in [7, 11) is 0. The van der Waals surface area contributed by atoms with E-state index in [1.807, 2.05) is 0 Å². The number of halogens is 5. The lowest BCUT2D eigenvalue weighted by Crippen LogP contribution is -2.39. The lowest BCUT2D eigenvalue weighted by atomic mass is 9.90. The standard InChI is InChI=1S/C25H20F5N7O2/c1-13-32-12-16(22-35-36-23(39-22)19-5-8-31-24(34-19)25(28,29)30)21(33-13)14-6-9-37(10-7-14)20(38)11-15-17(26)3-2-4-18(15)27/h2-5,8,12,14H,6-7,9-11H2,1H3. The third kappa shape index (κ3) is 5.59. The van der Waals surface area contributed by atoms with Crippen LogP contribution in [0.4, 0.5) is 22.0 Å². The monoisotopic (exact) mass is 545 g/mol. The number of hydrogen-bond donors (Lipinski definition) is 0. The number of aromatic nitrogens is 6. The number of carbonyl (C=O) groups excluding carboxylic acids is 1. The van der Waals surface area contributed by atoms with Crippen LogP contribution < -0.4 is 0 Å². The van der Waals surface area contributed by atoms with Crippen molar-refractivity contribution < 1.29 is 31.2 Å². The summed E-state index contributed by atoms with van der Waals surface area (Å²) in [5, 5.41) is 7.81. The number of piperidine rings is 1. The van der Waals surface area contributed by atoms with Gasteiger partial charge in [0.05, 0.1) is 17.7 Å². The van der Waals surface area contributed by atoms with Gasteiger partial charge in [0.15, 0.2) is 0 Å². The number of hydrogen-bond acceptors (Lipinski definition) is 8. The largest absolute Gasteiger partial charge is 0.451 e. The molecule has 0 aliphatic carbocycles. The molecule has 4 heterocycles. The van der Waals surface area contributed by atoms with Crippen molar-refractivity contribution in [2.45, 2.75) is 38.3 Å². The quantitative estimate of drug-likeness (QED) is 0.336. The van der Waals surface area contributed by atoms with Crippen LogP contribution in [0.1, 0.15) is 41.7 Å². The van der Waals surface area contributed by atoms with Crippen LogP contribution in [-0.4, -0.2) is 54.0 Å². The van der Waals surface area contributed by atoms with Gasteiger partial charge in [-0.3, -0.25) is 4.79 Å². The molecule has 1 amide bonds. The van der Waals surface area contributed by atoms with Gasteiger partial charge in [-0.05, 0) is 38.0 Å². The molecule has 1 aliphatic heterocycles. The Balaban J connectivity index is 1.33. The third-order valence-corrected chi connectivity index (χ3v) is 6.35. The summed E-state index contributed by atoms with van der Waals surface area (Å²) >= 11 is 0. The van der Waals surface area contributed by atoms with Crippen molar-refractivity contribution in [3.63, 3.8) is 0 Å². The second-order valence-electron chi connectivity index (χ2n) is 8.92. The molecule has 0 saturated carbocycles. The number of nitrogens with zero attached hydrogens (tertiary/aromatic N) is 7. The van der Waals surface area contributed by atoms with Gasteiger partial charge in [-0.15, -0.1) is 10.2 Å². The third-order valence-electron chi connectivity index (χ3n) is 6.35. The fourth-order valence-electron chi connectivity index (χ4n) is 4.38. The average Bonchev–Trinajstić information content (AvgIpc) is 3.41. The first-order valence-electron chi connectivity index (χ1n) is 11.9. The van der Waals surface area contributed by atoms with E-state index in [0.29, 0.717) is 43.0 Å². The summed E-state index contributed by atoms with van der Waals surface area (Å²) in [6, 6.07) is 4.68. The van der Waals surface area contributed by atoms with Crippen molar-refractivity contribution in [3.8, 4) is 23.0 Å². The number of benzene rings is 1. The average molecular weight is 545 g/mol. The molecule has 9 nitrogen and oxygen atoms in total.